The van der Waals surface area contributed by atoms with Crippen LogP contribution in [0, 0.1) is 23.5 Å². The van der Waals surface area contributed by atoms with E-state index in [4.69, 9.17) is 11.6 Å². The summed E-state index contributed by atoms with van der Waals surface area (Å²) in [7, 11) is -4.08. The number of benzene rings is 2. The van der Waals surface area contributed by atoms with Crippen molar-refractivity contribution in [2.45, 2.75) is 47.5 Å². The van der Waals surface area contributed by atoms with Crippen LogP contribution in [-0.4, -0.2) is 50.2 Å². The fourth-order valence-electron chi connectivity index (χ4n) is 6.42. The average molecular weight is 629 g/mol. The smallest absolute Gasteiger partial charge is 0.255 e. The normalized spacial score (nSPS) is 24.1. The summed E-state index contributed by atoms with van der Waals surface area (Å²) in [6, 6.07) is 13.4. The second-order valence-electron chi connectivity index (χ2n) is 11.0. The van der Waals surface area contributed by atoms with Gasteiger partial charge in [-0.05, 0) is 86.1 Å². The molecule has 0 saturated heterocycles. The van der Waals surface area contributed by atoms with Gasteiger partial charge in [-0.3, -0.25) is 4.79 Å². The molecule has 0 radical (unpaired) electrons. The number of aliphatic hydroxyl groups excluding tert-OH is 1. The maximum atomic E-state index is 13.9. The number of nitrogens with zero attached hydrogens (tertiary/aromatic N) is 3. The molecule has 2 aromatic heterocycles. The van der Waals surface area contributed by atoms with Crippen LogP contribution >= 0.6 is 11.6 Å². The van der Waals surface area contributed by atoms with Gasteiger partial charge in [-0.25, -0.2) is 26.9 Å². The molecule has 2 heterocycles. The minimum Gasteiger partial charge on any atom is -0.386 e. The highest BCUT2D eigenvalue weighted by Gasteiger charge is 2.59. The predicted octanol–water partition coefficient (Wildman–Crippen LogP) is 4.88. The van der Waals surface area contributed by atoms with E-state index in [-0.39, 0.29) is 39.7 Å². The van der Waals surface area contributed by atoms with Crippen LogP contribution in [0.15, 0.2) is 78.0 Å². The zero-order valence-electron chi connectivity index (χ0n) is 22.6. The molecule has 2 aliphatic carbocycles. The first-order chi connectivity index (χ1) is 20.5. The third-order valence-electron chi connectivity index (χ3n) is 8.60. The van der Waals surface area contributed by atoms with Gasteiger partial charge in [0.1, 0.15) is 11.7 Å². The Labute approximate surface area is 251 Å². The summed E-state index contributed by atoms with van der Waals surface area (Å²) in [5.74, 6) is -3.54. The van der Waals surface area contributed by atoms with Crippen molar-refractivity contribution in [3.8, 4) is 5.82 Å². The molecule has 13 heteroatoms. The number of amides is 1. The lowest BCUT2D eigenvalue weighted by Crippen LogP contribution is -2.52. The van der Waals surface area contributed by atoms with Crippen molar-refractivity contribution >= 4 is 33.0 Å². The summed E-state index contributed by atoms with van der Waals surface area (Å²) < 4.78 is 56.2. The van der Waals surface area contributed by atoms with Gasteiger partial charge in [0.25, 0.3) is 5.91 Å². The monoisotopic (exact) mass is 628 g/mol. The summed E-state index contributed by atoms with van der Waals surface area (Å²) in [4.78, 5) is 17.1. The standard InChI is InChI=1S/C30H27ClF2N4O5S/c31-22-9-5-17(29(39)35-20-8-10-23(32)24(33)16-20)13-26(22)43(41,42)21-14-18-6-7-19(15-21)30(18,40)28(38)25-3-1-4-27(36-25)37-12-2-11-34-37/h1-5,8-13,16,18-19,21,28,38,40H,6-7,14-15H2,(H,35,39)/t18?,19?,21-,28?,30-. The van der Waals surface area contributed by atoms with Crippen LogP contribution in [0.1, 0.15) is 47.8 Å². The quantitative estimate of drug-likeness (QED) is 0.266. The molecule has 3 N–H and O–H groups in total. The van der Waals surface area contributed by atoms with Gasteiger partial charge in [-0.1, -0.05) is 17.7 Å². The number of carbonyl (C=O) groups is 1. The molecule has 0 spiro atoms. The summed E-state index contributed by atoms with van der Waals surface area (Å²) >= 11 is 6.33. The van der Waals surface area contributed by atoms with E-state index in [9.17, 15) is 32.2 Å². The lowest BCUT2D eigenvalue weighted by Gasteiger charge is -2.45. The molecule has 1 amide bonds. The van der Waals surface area contributed by atoms with Gasteiger partial charge >= 0.3 is 0 Å². The Bertz CT molecular complexity index is 1790. The fourth-order valence-corrected chi connectivity index (χ4v) is 8.82. The van der Waals surface area contributed by atoms with E-state index < -0.39 is 56.2 Å². The number of rotatable bonds is 7. The number of hydrogen-bond acceptors (Lipinski definition) is 7. The van der Waals surface area contributed by atoms with E-state index in [1.807, 2.05) is 0 Å². The Morgan fingerprint density at radius 1 is 1.05 bits per heavy atom. The first kappa shape index (κ1) is 29.4. The first-order valence-electron chi connectivity index (χ1n) is 13.7. The Hall–Kier alpha value is -3.71. The predicted molar refractivity (Wildman–Crippen MR) is 153 cm³/mol. The molecule has 2 fully saturated rings. The van der Waals surface area contributed by atoms with Gasteiger partial charge in [-0.15, -0.1) is 0 Å². The van der Waals surface area contributed by atoms with Gasteiger partial charge in [0.15, 0.2) is 27.3 Å². The van der Waals surface area contributed by atoms with Crippen molar-refractivity contribution in [2.24, 2.45) is 11.8 Å². The Morgan fingerprint density at radius 2 is 1.79 bits per heavy atom. The number of hydrogen-bond donors (Lipinski definition) is 3. The van der Waals surface area contributed by atoms with E-state index in [1.54, 1.807) is 36.7 Å². The highest BCUT2D eigenvalue weighted by Crippen LogP contribution is 2.56. The molecule has 2 bridgehead atoms. The Morgan fingerprint density at radius 3 is 2.47 bits per heavy atom. The summed E-state index contributed by atoms with van der Waals surface area (Å²) in [5.41, 5.74) is -1.37. The molecule has 2 aromatic carbocycles. The van der Waals surface area contributed by atoms with Crippen molar-refractivity contribution in [3.63, 3.8) is 0 Å². The van der Waals surface area contributed by atoms with Gasteiger partial charge in [0, 0.05) is 29.7 Å². The topological polar surface area (TPSA) is 134 Å². The van der Waals surface area contributed by atoms with E-state index in [2.05, 4.69) is 15.4 Å². The number of anilines is 1. The lowest BCUT2D eigenvalue weighted by atomic mass is 9.70. The highest BCUT2D eigenvalue weighted by molar-refractivity contribution is 7.92. The van der Waals surface area contributed by atoms with Crippen LogP contribution in [-0.2, 0) is 9.84 Å². The van der Waals surface area contributed by atoms with Crippen LogP contribution < -0.4 is 5.32 Å². The molecule has 9 nitrogen and oxygen atoms in total. The average Bonchev–Trinajstić information content (AvgIpc) is 3.57. The Balaban J connectivity index is 1.23. The minimum atomic E-state index is -4.08. The Kier molecular flexibility index (Phi) is 7.57. The van der Waals surface area contributed by atoms with E-state index in [0.717, 1.165) is 18.2 Å². The zero-order valence-corrected chi connectivity index (χ0v) is 24.1. The number of fused-ring (bicyclic) bond motifs is 2. The van der Waals surface area contributed by atoms with Crippen molar-refractivity contribution in [1.82, 2.24) is 14.8 Å². The van der Waals surface area contributed by atoms with Crippen molar-refractivity contribution < 1.29 is 32.2 Å². The fraction of sp³-hybridized carbons (Fsp3) is 0.300. The van der Waals surface area contributed by atoms with Crippen molar-refractivity contribution in [3.05, 3.63) is 101 Å². The molecule has 43 heavy (non-hydrogen) atoms. The maximum absolute atomic E-state index is 13.9. The lowest BCUT2D eigenvalue weighted by molar-refractivity contribution is -0.145. The molecule has 2 saturated carbocycles. The number of nitrogens with one attached hydrogen (secondary N) is 1. The molecule has 6 rings (SSSR count). The third-order valence-corrected chi connectivity index (χ3v) is 11.3. The maximum Gasteiger partial charge on any atom is 0.255 e. The zero-order chi connectivity index (χ0) is 30.5. The number of carbonyl (C=O) groups excluding carboxylic acids is 1. The molecule has 2 aliphatic rings. The third kappa shape index (κ3) is 5.22. The van der Waals surface area contributed by atoms with Gasteiger partial charge < -0.3 is 15.5 Å². The number of pyridine rings is 1. The van der Waals surface area contributed by atoms with Crippen LogP contribution in [0.5, 0.6) is 0 Å². The summed E-state index contributed by atoms with van der Waals surface area (Å²) in [6.07, 6.45) is 3.15. The molecular formula is C30H27ClF2N4O5S. The van der Waals surface area contributed by atoms with Crippen molar-refractivity contribution in [2.75, 3.05) is 5.32 Å². The molecule has 4 aromatic rings. The van der Waals surface area contributed by atoms with E-state index in [1.165, 1.54) is 22.9 Å². The van der Waals surface area contributed by atoms with Crippen molar-refractivity contribution in [1.29, 1.82) is 0 Å². The largest absolute Gasteiger partial charge is 0.386 e. The van der Waals surface area contributed by atoms with Gasteiger partial charge in [0.05, 0.1) is 20.9 Å². The van der Waals surface area contributed by atoms with E-state index >= 15 is 0 Å². The molecular weight excluding hydrogens is 602 g/mol. The molecule has 3 unspecified atom stereocenters. The number of aliphatic hydroxyl groups is 2. The summed E-state index contributed by atoms with van der Waals surface area (Å²) in [5, 5.41) is 28.9. The van der Waals surface area contributed by atoms with Crippen LogP contribution in [0.3, 0.4) is 0 Å². The van der Waals surface area contributed by atoms with Crippen LogP contribution in [0.4, 0.5) is 14.5 Å². The summed E-state index contributed by atoms with van der Waals surface area (Å²) in [6.45, 7) is 0. The highest BCUT2D eigenvalue weighted by atomic mass is 35.5. The SMILES string of the molecule is O=C(Nc1ccc(F)c(F)c1)c1ccc(Cl)c(S(=O)(=O)[C@H]2CC3CCC(C2)[C@]3(O)C(O)c2cccc(-n3cccn3)n2)c1. The number of aromatic nitrogens is 3. The van der Waals surface area contributed by atoms with Crippen LogP contribution in [0.2, 0.25) is 5.02 Å². The van der Waals surface area contributed by atoms with E-state index in [0.29, 0.717) is 18.7 Å². The number of sulfone groups is 1. The van der Waals surface area contributed by atoms with Crippen LogP contribution in [0.25, 0.3) is 5.82 Å². The molecule has 0 aliphatic heterocycles. The molecule has 224 valence electrons. The second-order valence-corrected chi connectivity index (χ2v) is 13.6. The van der Waals surface area contributed by atoms with Gasteiger partial charge in [0.2, 0.25) is 0 Å². The number of halogens is 3. The first-order valence-corrected chi connectivity index (χ1v) is 15.6. The second kappa shape index (κ2) is 11.1. The molecule has 3 atom stereocenters. The minimum absolute atomic E-state index is 0.00500. The van der Waals surface area contributed by atoms with Gasteiger partial charge in [-0.2, -0.15) is 5.10 Å².